The van der Waals surface area contributed by atoms with Crippen LogP contribution < -0.4 is 11.1 Å². The average Bonchev–Trinajstić information content (AvgIpc) is 2.67. The molecule has 0 aliphatic rings. The second kappa shape index (κ2) is 10.5. The average molecular weight is 431 g/mol. The maximum Gasteiger partial charge on any atom is 0.306 e. The molecular weight excluding hydrogens is 408 g/mol. The van der Waals surface area contributed by atoms with Gasteiger partial charge < -0.3 is 16.2 Å². The van der Waals surface area contributed by atoms with Gasteiger partial charge in [0.05, 0.1) is 12.3 Å². The maximum absolute atomic E-state index is 12.1. The molecule has 0 bridgehead atoms. The van der Waals surface area contributed by atoms with Crippen LogP contribution in [0.4, 0.5) is 0 Å². The Morgan fingerprint density at radius 3 is 2.30 bits per heavy atom. The van der Waals surface area contributed by atoms with E-state index in [1.165, 1.54) is 6.92 Å². The standard InChI is InChI=1S/C22H23ClN2O5/c1-13(22(29)30)9-18(25-21(28)19(26)12-20(24)27)10-14-5-7-15(8-6-14)16-3-2-4-17(23)11-16/h2-8,11,13,18H,9-10,12H2,1H3,(H2,24,27)(H,25,28)(H,29,30)/t13-,18+/m1/s1. The molecule has 2 aromatic rings. The van der Waals surface area contributed by atoms with Crippen molar-refractivity contribution in [3.63, 3.8) is 0 Å². The smallest absolute Gasteiger partial charge is 0.306 e. The number of carboxylic acid groups (broad SMARTS) is 1. The zero-order valence-electron chi connectivity index (χ0n) is 16.4. The van der Waals surface area contributed by atoms with Crippen molar-refractivity contribution in [2.45, 2.75) is 32.2 Å². The van der Waals surface area contributed by atoms with Crippen molar-refractivity contribution in [1.82, 2.24) is 5.32 Å². The first-order valence-electron chi connectivity index (χ1n) is 9.35. The first-order valence-corrected chi connectivity index (χ1v) is 9.73. The minimum absolute atomic E-state index is 0.126. The number of ketones is 1. The van der Waals surface area contributed by atoms with Crippen molar-refractivity contribution >= 4 is 35.2 Å². The van der Waals surface area contributed by atoms with Crippen LogP contribution in [-0.4, -0.2) is 34.7 Å². The minimum atomic E-state index is -1.01. The summed E-state index contributed by atoms with van der Waals surface area (Å²) >= 11 is 6.03. The summed E-state index contributed by atoms with van der Waals surface area (Å²) in [7, 11) is 0. The number of nitrogens with one attached hydrogen (secondary N) is 1. The normalized spacial score (nSPS) is 12.6. The molecular formula is C22H23ClN2O5. The summed E-state index contributed by atoms with van der Waals surface area (Å²) in [5, 5.41) is 12.4. The Labute approximate surface area is 179 Å². The summed E-state index contributed by atoms with van der Waals surface area (Å²) in [6.07, 6.45) is -0.245. The molecule has 0 unspecified atom stereocenters. The first kappa shape index (κ1) is 23.1. The van der Waals surface area contributed by atoms with Crippen molar-refractivity contribution in [3.05, 3.63) is 59.1 Å². The molecule has 2 rings (SSSR count). The van der Waals surface area contributed by atoms with Gasteiger partial charge in [0, 0.05) is 11.1 Å². The summed E-state index contributed by atoms with van der Waals surface area (Å²) in [6, 6.07) is 14.4. The monoisotopic (exact) mass is 430 g/mol. The second-order valence-corrected chi connectivity index (χ2v) is 7.56. The molecule has 0 aliphatic heterocycles. The van der Waals surface area contributed by atoms with E-state index in [-0.39, 0.29) is 6.42 Å². The van der Waals surface area contributed by atoms with Crippen molar-refractivity contribution < 1.29 is 24.3 Å². The number of amides is 2. The molecule has 0 fully saturated rings. The van der Waals surface area contributed by atoms with Crippen molar-refractivity contribution in [2.75, 3.05) is 0 Å². The lowest BCUT2D eigenvalue weighted by molar-refractivity contribution is -0.142. The fourth-order valence-electron chi connectivity index (χ4n) is 3.01. The van der Waals surface area contributed by atoms with E-state index in [1.807, 2.05) is 42.5 Å². The van der Waals surface area contributed by atoms with E-state index in [2.05, 4.69) is 5.32 Å². The molecule has 0 saturated heterocycles. The number of carboxylic acids is 1. The van der Waals surface area contributed by atoms with E-state index in [1.54, 1.807) is 6.07 Å². The highest BCUT2D eigenvalue weighted by Crippen LogP contribution is 2.23. The molecule has 0 aromatic heterocycles. The number of hydrogen-bond acceptors (Lipinski definition) is 4. The van der Waals surface area contributed by atoms with Gasteiger partial charge in [-0.3, -0.25) is 19.2 Å². The van der Waals surface area contributed by atoms with Crippen LogP contribution in [0.2, 0.25) is 5.02 Å². The fourth-order valence-corrected chi connectivity index (χ4v) is 3.20. The van der Waals surface area contributed by atoms with Crippen LogP contribution in [0.1, 0.15) is 25.3 Å². The molecule has 30 heavy (non-hydrogen) atoms. The Morgan fingerprint density at radius 2 is 1.73 bits per heavy atom. The number of primary amides is 1. The largest absolute Gasteiger partial charge is 0.481 e. The van der Waals surface area contributed by atoms with Crippen LogP contribution in [0.15, 0.2) is 48.5 Å². The van der Waals surface area contributed by atoms with Gasteiger partial charge in [-0.15, -0.1) is 0 Å². The van der Waals surface area contributed by atoms with Crippen molar-refractivity contribution in [2.24, 2.45) is 11.7 Å². The van der Waals surface area contributed by atoms with E-state index in [4.69, 9.17) is 17.3 Å². The Morgan fingerprint density at radius 1 is 1.07 bits per heavy atom. The van der Waals surface area contributed by atoms with E-state index in [0.717, 1.165) is 16.7 Å². The first-order chi connectivity index (χ1) is 14.2. The van der Waals surface area contributed by atoms with Gasteiger partial charge in [-0.25, -0.2) is 0 Å². The number of hydrogen-bond donors (Lipinski definition) is 3. The number of carbonyl (C=O) groups excluding carboxylic acids is 3. The molecule has 7 nitrogen and oxygen atoms in total. The highest BCUT2D eigenvalue weighted by molar-refractivity contribution is 6.39. The van der Waals surface area contributed by atoms with E-state index < -0.39 is 41.9 Å². The zero-order valence-corrected chi connectivity index (χ0v) is 17.2. The predicted octanol–water partition coefficient (Wildman–Crippen LogP) is 2.59. The van der Waals surface area contributed by atoms with Crippen molar-refractivity contribution in [3.8, 4) is 11.1 Å². The summed E-state index contributed by atoms with van der Waals surface area (Å²) < 4.78 is 0. The van der Waals surface area contributed by atoms with Gasteiger partial charge in [-0.1, -0.05) is 54.9 Å². The topological polar surface area (TPSA) is 127 Å². The lowest BCUT2D eigenvalue weighted by atomic mass is 9.94. The highest BCUT2D eigenvalue weighted by Gasteiger charge is 2.24. The molecule has 2 aromatic carbocycles. The lowest BCUT2D eigenvalue weighted by Gasteiger charge is -2.20. The lowest BCUT2D eigenvalue weighted by Crippen LogP contribution is -2.43. The van der Waals surface area contributed by atoms with Gasteiger partial charge in [0.2, 0.25) is 11.7 Å². The summed E-state index contributed by atoms with van der Waals surface area (Å²) in [5.74, 6) is -4.54. The number of halogens is 1. The predicted molar refractivity (Wildman–Crippen MR) is 113 cm³/mol. The number of aliphatic carboxylic acids is 1. The third kappa shape index (κ3) is 7.00. The number of carbonyl (C=O) groups is 4. The van der Waals surface area contributed by atoms with Gasteiger partial charge in [0.15, 0.2) is 0 Å². The zero-order chi connectivity index (χ0) is 22.3. The van der Waals surface area contributed by atoms with E-state index in [9.17, 15) is 24.3 Å². The number of benzene rings is 2. The van der Waals surface area contributed by atoms with Gasteiger partial charge >= 0.3 is 5.97 Å². The van der Waals surface area contributed by atoms with Gasteiger partial charge in [0.1, 0.15) is 0 Å². The Hall–Kier alpha value is -3.19. The summed E-state index contributed by atoms with van der Waals surface area (Å²) in [4.78, 5) is 45.9. The van der Waals surface area contributed by atoms with E-state index in [0.29, 0.717) is 11.4 Å². The Bertz CT molecular complexity index is 943. The molecule has 158 valence electrons. The fraction of sp³-hybridized carbons (Fsp3) is 0.273. The highest BCUT2D eigenvalue weighted by atomic mass is 35.5. The Kier molecular flexibility index (Phi) is 8.12. The van der Waals surface area contributed by atoms with Gasteiger partial charge in [0.25, 0.3) is 5.91 Å². The van der Waals surface area contributed by atoms with Crippen LogP contribution in [-0.2, 0) is 25.6 Å². The number of Topliss-reactive ketones (excluding diaryl/α,β-unsaturated/α-hetero) is 1. The van der Waals surface area contributed by atoms with Crippen LogP contribution in [0.5, 0.6) is 0 Å². The molecule has 2 amide bonds. The summed E-state index contributed by atoms with van der Waals surface area (Å²) in [5.41, 5.74) is 7.71. The van der Waals surface area contributed by atoms with E-state index >= 15 is 0 Å². The molecule has 0 radical (unpaired) electrons. The molecule has 0 heterocycles. The molecule has 0 aliphatic carbocycles. The Balaban J connectivity index is 2.14. The molecule has 4 N–H and O–H groups in total. The van der Waals surface area contributed by atoms with Crippen LogP contribution in [0, 0.1) is 5.92 Å². The molecule has 8 heteroatoms. The second-order valence-electron chi connectivity index (χ2n) is 7.12. The van der Waals surface area contributed by atoms with Gasteiger partial charge in [-0.2, -0.15) is 0 Å². The number of nitrogens with two attached hydrogens (primary N) is 1. The van der Waals surface area contributed by atoms with Crippen LogP contribution in [0.25, 0.3) is 11.1 Å². The van der Waals surface area contributed by atoms with Crippen LogP contribution in [0.3, 0.4) is 0 Å². The molecule has 0 saturated carbocycles. The molecule has 2 atom stereocenters. The third-order valence-electron chi connectivity index (χ3n) is 4.58. The summed E-state index contributed by atoms with van der Waals surface area (Å²) in [6.45, 7) is 1.52. The molecule has 0 spiro atoms. The minimum Gasteiger partial charge on any atom is -0.481 e. The van der Waals surface area contributed by atoms with Crippen LogP contribution >= 0.6 is 11.6 Å². The third-order valence-corrected chi connectivity index (χ3v) is 4.81. The maximum atomic E-state index is 12.1. The van der Waals surface area contributed by atoms with Crippen molar-refractivity contribution in [1.29, 1.82) is 0 Å². The quantitative estimate of drug-likeness (QED) is 0.394. The number of rotatable bonds is 10. The SMILES string of the molecule is C[C@H](C[C@@H](Cc1ccc(-c2cccc(Cl)c2)cc1)NC(=O)C(=O)CC(N)=O)C(=O)O. The van der Waals surface area contributed by atoms with Gasteiger partial charge in [-0.05, 0) is 41.7 Å².